The van der Waals surface area contributed by atoms with Gasteiger partial charge < -0.3 is 14.6 Å². The van der Waals surface area contributed by atoms with Crippen LogP contribution in [0.3, 0.4) is 0 Å². The van der Waals surface area contributed by atoms with E-state index in [-0.39, 0.29) is 5.91 Å². The molecule has 0 spiro atoms. The minimum absolute atomic E-state index is 0.0174. The number of amides is 1. The molecule has 0 fully saturated rings. The molecular weight excluding hydrogens is 380 g/mol. The molecule has 126 valence electrons. The van der Waals surface area contributed by atoms with Crippen molar-refractivity contribution in [3.8, 4) is 0 Å². The van der Waals surface area contributed by atoms with Gasteiger partial charge in [-0.25, -0.2) is 0 Å². The average molecular weight is 397 g/mol. The number of halogens is 1. The van der Waals surface area contributed by atoms with Crippen molar-refractivity contribution < 1.29 is 9.21 Å². The van der Waals surface area contributed by atoms with Crippen LogP contribution in [0.1, 0.15) is 28.6 Å². The van der Waals surface area contributed by atoms with Gasteiger partial charge >= 0.3 is 0 Å². The van der Waals surface area contributed by atoms with E-state index in [0.29, 0.717) is 12.1 Å². The quantitative estimate of drug-likeness (QED) is 0.678. The van der Waals surface area contributed by atoms with Crippen LogP contribution in [0.4, 0.5) is 5.69 Å². The normalized spacial score (nSPS) is 19.4. The lowest BCUT2D eigenvalue weighted by Gasteiger charge is -2.46. The maximum Gasteiger partial charge on any atom is 0.258 e. The molecule has 1 aliphatic heterocycles. The van der Waals surface area contributed by atoms with Crippen LogP contribution < -0.4 is 5.32 Å². The number of fused-ring (bicyclic) bond motifs is 1. The molecule has 2 aromatic carbocycles. The molecule has 0 saturated carbocycles. The van der Waals surface area contributed by atoms with Gasteiger partial charge in [-0.1, -0.05) is 40.2 Å². The summed E-state index contributed by atoms with van der Waals surface area (Å²) in [5.74, 6) is 0.731. The molecule has 25 heavy (non-hydrogen) atoms. The summed E-state index contributed by atoms with van der Waals surface area (Å²) in [6.07, 6.45) is 1.63. The second-order valence-electron chi connectivity index (χ2n) is 6.22. The molecule has 4 rings (SSSR count). The second-order valence-corrected chi connectivity index (χ2v) is 7.14. The van der Waals surface area contributed by atoms with Gasteiger partial charge in [-0.15, -0.1) is 0 Å². The molecule has 1 aromatic heterocycles. The molecule has 0 saturated heterocycles. The molecule has 1 aliphatic rings. The van der Waals surface area contributed by atoms with Gasteiger partial charge in [0, 0.05) is 10.2 Å². The highest BCUT2D eigenvalue weighted by molar-refractivity contribution is 9.10. The fraction of sp³-hybridized carbons (Fsp3) is 0.150. The summed E-state index contributed by atoms with van der Waals surface area (Å²) in [4.78, 5) is 15.1. The van der Waals surface area contributed by atoms with Crippen LogP contribution in [-0.2, 0) is 12.2 Å². The molecule has 2 heterocycles. The number of nitrogens with zero attached hydrogens (tertiary/aromatic N) is 1. The SMILES string of the molecule is CC1(c2ccc(Br)cc2)Nc2ccccc2C(=O)N1Cc1ccco1. The number of benzene rings is 2. The highest BCUT2D eigenvalue weighted by Crippen LogP contribution is 2.39. The topological polar surface area (TPSA) is 45.5 Å². The first-order chi connectivity index (χ1) is 12.1. The van der Waals surface area contributed by atoms with Crippen LogP contribution in [0.5, 0.6) is 0 Å². The number of anilines is 1. The summed E-state index contributed by atoms with van der Waals surface area (Å²) in [5.41, 5.74) is 1.83. The van der Waals surface area contributed by atoms with Crippen molar-refractivity contribution >= 4 is 27.5 Å². The largest absolute Gasteiger partial charge is 0.467 e. The van der Waals surface area contributed by atoms with Crippen molar-refractivity contribution in [2.24, 2.45) is 0 Å². The molecule has 4 nitrogen and oxygen atoms in total. The Morgan fingerprint density at radius 3 is 2.56 bits per heavy atom. The summed E-state index contributed by atoms with van der Waals surface area (Å²) >= 11 is 3.47. The number of nitrogens with one attached hydrogen (secondary N) is 1. The lowest BCUT2D eigenvalue weighted by Crippen LogP contribution is -2.55. The van der Waals surface area contributed by atoms with Gasteiger partial charge in [-0.2, -0.15) is 0 Å². The van der Waals surface area contributed by atoms with Crippen molar-refractivity contribution in [2.75, 3.05) is 5.32 Å². The monoisotopic (exact) mass is 396 g/mol. The molecule has 1 N–H and O–H groups in total. The Morgan fingerprint density at radius 2 is 1.84 bits per heavy atom. The highest BCUT2D eigenvalue weighted by Gasteiger charge is 2.42. The third-order valence-electron chi connectivity index (χ3n) is 4.62. The van der Waals surface area contributed by atoms with E-state index in [1.165, 1.54) is 0 Å². The van der Waals surface area contributed by atoms with Crippen LogP contribution in [-0.4, -0.2) is 10.8 Å². The minimum Gasteiger partial charge on any atom is -0.467 e. The standard InChI is InChI=1S/C20H17BrN2O2/c1-20(14-8-10-15(21)11-9-14)22-18-7-3-2-6-17(18)19(24)23(20)13-16-5-4-12-25-16/h2-12,22H,13H2,1H3. The first-order valence-corrected chi connectivity index (χ1v) is 8.85. The fourth-order valence-corrected chi connectivity index (χ4v) is 3.51. The molecule has 3 aromatic rings. The van der Waals surface area contributed by atoms with Gasteiger partial charge in [-0.3, -0.25) is 4.79 Å². The van der Waals surface area contributed by atoms with E-state index in [0.717, 1.165) is 21.5 Å². The number of rotatable bonds is 3. The maximum atomic E-state index is 13.2. The third-order valence-corrected chi connectivity index (χ3v) is 5.15. The van der Waals surface area contributed by atoms with Gasteiger partial charge in [-0.05, 0) is 48.9 Å². The number of hydrogen-bond donors (Lipinski definition) is 1. The fourth-order valence-electron chi connectivity index (χ4n) is 3.25. The lowest BCUT2D eigenvalue weighted by atomic mass is 9.93. The zero-order valence-corrected chi connectivity index (χ0v) is 15.3. The predicted octanol–water partition coefficient (Wildman–Crippen LogP) is 4.98. The summed E-state index contributed by atoms with van der Waals surface area (Å²) in [6, 6.07) is 19.3. The Hall–Kier alpha value is -2.53. The van der Waals surface area contributed by atoms with Gasteiger partial charge in [0.2, 0.25) is 0 Å². The lowest BCUT2D eigenvalue weighted by molar-refractivity contribution is 0.0487. The van der Waals surface area contributed by atoms with Crippen molar-refractivity contribution in [1.82, 2.24) is 4.90 Å². The van der Waals surface area contributed by atoms with E-state index in [1.54, 1.807) is 6.26 Å². The second kappa shape index (κ2) is 6.08. The number of furan rings is 1. The van der Waals surface area contributed by atoms with Crippen molar-refractivity contribution in [3.05, 3.63) is 88.3 Å². The van der Waals surface area contributed by atoms with Gasteiger partial charge in [0.25, 0.3) is 5.91 Å². The molecule has 1 unspecified atom stereocenters. The molecule has 5 heteroatoms. The molecule has 1 atom stereocenters. The predicted molar refractivity (Wildman–Crippen MR) is 100 cm³/mol. The zero-order chi connectivity index (χ0) is 17.4. The Kier molecular flexibility index (Phi) is 3.88. The molecule has 1 amide bonds. The third kappa shape index (κ3) is 2.74. The Labute approximate surface area is 154 Å². The Balaban J connectivity index is 1.83. The number of para-hydroxylation sites is 1. The average Bonchev–Trinajstić information content (AvgIpc) is 3.12. The van der Waals surface area contributed by atoms with Crippen molar-refractivity contribution in [2.45, 2.75) is 19.1 Å². The summed E-state index contributed by atoms with van der Waals surface area (Å²) in [6.45, 7) is 2.41. The van der Waals surface area contributed by atoms with Crippen molar-refractivity contribution in [3.63, 3.8) is 0 Å². The van der Waals surface area contributed by atoms with Crippen LogP contribution in [0, 0.1) is 0 Å². The van der Waals surface area contributed by atoms with Gasteiger partial charge in [0.15, 0.2) is 0 Å². The molecule has 0 aliphatic carbocycles. The Morgan fingerprint density at radius 1 is 1.08 bits per heavy atom. The van der Waals surface area contributed by atoms with Crippen LogP contribution in [0.2, 0.25) is 0 Å². The minimum atomic E-state index is -0.682. The van der Waals surface area contributed by atoms with Gasteiger partial charge in [0.05, 0.1) is 18.4 Å². The van der Waals surface area contributed by atoms with E-state index in [4.69, 9.17) is 4.42 Å². The molecule has 0 radical (unpaired) electrons. The van der Waals surface area contributed by atoms with Crippen LogP contribution in [0.15, 0.2) is 75.8 Å². The van der Waals surface area contributed by atoms with E-state index in [2.05, 4.69) is 21.2 Å². The molecule has 0 bridgehead atoms. The summed E-state index contributed by atoms with van der Waals surface area (Å²) < 4.78 is 6.49. The van der Waals surface area contributed by atoms with Crippen LogP contribution in [0.25, 0.3) is 0 Å². The van der Waals surface area contributed by atoms with E-state index in [1.807, 2.05) is 72.5 Å². The maximum absolute atomic E-state index is 13.2. The van der Waals surface area contributed by atoms with E-state index < -0.39 is 5.66 Å². The van der Waals surface area contributed by atoms with Crippen molar-refractivity contribution in [1.29, 1.82) is 0 Å². The van der Waals surface area contributed by atoms with E-state index >= 15 is 0 Å². The number of carbonyl (C=O) groups is 1. The first-order valence-electron chi connectivity index (χ1n) is 8.05. The summed E-state index contributed by atoms with van der Waals surface area (Å²) in [5, 5.41) is 3.55. The number of carbonyl (C=O) groups excluding carboxylic acids is 1. The van der Waals surface area contributed by atoms with Gasteiger partial charge in [0.1, 0.15) is 11.4 Å². The zero-order valence-electron chi connectivity index (χ0n) is 13.7. The van der Waals surface area contributed by atoms with E-state index in [9.17, 15) is 4.79 Å². The smallest absolute Gasteiger partial charge is 0.258 e. The summed E-state index contributed by atoms with van der Waals surface area (Å²) in [7, 11) is 0. The van der Waals surface area contributed by atoms with Crippen LogP contribution >= 0.6 is 15.9 Å². The first kappa shape index (κ1) is 16.0. The molecular formula is C20H17BrN2O2. The Bertz CT molecular complexity index is 906. The highest BCUT2D eigenvalue weighted by atomic mass is 79.9. The number of hydrogen-bond acceptors (Lipinski definition) is 3.